The van der Waals surface area contributed by atoms with Crippen LogP contribution in [0.4, 0.5) is 0 Å². The van der Waals surface area contributed by atoms with Crippen molar-refractivity contribution in [1.29, 1.82) is 0 Å². The Hall–Kier alpha value is -0.0500. The molecule has 2 rings (SSSR count). The van der Waals surface area contributed by atoms with Gasteiger partial charge in [-0.3, -0.25) is 4.79 Å². The van der Waals surface area contributed by atoms with Crippen molar-refractivity contribution in [2.75, 3.05) is 0 Å². The summed E-state index contributed by atoms with van der Waals surface area (Å²) in [5.74, 6) is -0.632. The molecule has 0 radical (unpaired) electrons. The summed E-state index contributed by atoms with van der Waals surface area (Å²) in [7, 11) is 0. The van der Waals surface area contributed by atoms with Gasteiger partial charge in [0.1, 0.15) is 0 Å². The van der Waals surface area contributed by atoms with Crippen molar-refractivity contribution < 1.29 is 9.90 Å². The fourth-order valence-corrected chi connectivity index (χ4v) is 7.12. The fraction of sp³-hybridized carbons (Fsp3) is 0.929. The Kier molecular flexibility index (Phi) is 2.75. The van der Waals surface area contributed by atoms with Crippen LogP contribution in [0.25, 0.3) is 0 Å². The molecule has 3 atom stereocenters. The van der Waals surface area contributed by atoms with Crippen LogP contribution in [0.2, 0.25) is 0 Å². The van der Waals surface area contributed by atoms with Gasteiger partial charge in [-0.1, -0.05) is 36.7 Å². The van der Waals surface area contributed by atoms with Gasteiger partial charge < -0.3 is 5.11 Å². The summed E-state index contributed by atoms with van der Waals surface area (Å²) < 4.78 is 0.0227. The number of rotatable bonds is 1. The molecule has 2 aliphatic rings. The van der Waals surface area contributed by atoms with E-state index < -0.39 is 11.4 Å². The van der Waals surface area contributed by atoms with Crippen LogP contribution < -0.4 is 0 Å². The van der Waals surface area contributed by atoms with Crippen molar-refractivity contribution in [3.05, 3.63) is 0 Å². The minimum atomic E-state index is -0.632. The molecule has 2 fully saturated rings. The van der Waals surface area contributed by atoms with Crippen LogP contribution in [0.1, 0.15) is 59.8 Å². The molecule has 0 spiro atoms. The van der Waals surface area contributed by atoms with E-state index in [-0.39, 0.29) is 9.74 Å². The lowest BCUT2D eigenvalue weighted by Gasteiger charge is -2.58. The van der Waals surface area contributed by atoms with E-state index in [0.717, 1.165) is 32.1 Å². The summed E-state index contributed by atoms with van der Waals surface area (Å²) in [6.07, 6.45) is 4.90. The molecule has 98 valence electrons. The van der Waals surface area contributed by atoms with Gasteiger partial charge in [0.25, 0.3) is 0 Å². The van der Waals surface area contributed by atoms with Crippen molar-refractivity contribution in [2.24, 2.45) is 16.2 Å². The predicted octanol–water partition coefficient (Wildman–Crippen LogP) is 4.22. The minimum Gasteiger partial charge on any atom is -0.481 e. The minimum absolute atomic E-state index is 0.0227. The van der Waals surface area contributed by atoms with E-state index in [0.29, 0.717) is 5.41 Å². The lowest BCUT2D eigenvalue weighted by molar-refractivity contribution is -0.156. The van der Waals surface area contributed by atoms with Crippen LogP contribution in [0, 0.1) is 16.2 Å². The maximum atomic E-state index is 11.5. The summed E-state index contributed by atoms with van der Waals surface area (Å²) in [5.41, 5.74) is -0.0834. The number of carboxylic acids is 1. The first kappa shape index (κ1) is 13.4. The maximum absolute atomic E-state index is 11.5. The van der Waals surface area contributed by atoms with Gasteiger partial charge in [-0.25, -0.2) is 0 Å². The lowest BCUT2D eigenvalue weighted by Crippen LogP contribution is -2.54. The highest BCUT2D eigenvalue weighted by Gasteiger charge is 2.58. The molecule has 2 saturated carbocycles. The van der Waals surface area contributed by atoms with Crippen LogP contribution in [-0.4, -0.2) is 15.4 Å². The molecule has 0 aliphatic heterocycles. The molecule has 0 amide bonds. The topological polar surface area (TPSA) is 37.3 Å². The van der Waals surface area contributed by atoms with Gasteiger partial charge in [0, 0.05) is 4.32 Å². The highest BCUT2D eigenvalue weighted by Crippen LogP contribution is 2.64. The average Bonchev–Trinajstić information content (AvgIpc) is 1.92. The van der Waals surface area contributed by atoms with Crippen LogP contribution in [0.15, 0.2) is 0 Å². The Morgan fingerprint density at radius 2 is 1.59 bits per heavy atom. The van der Waals surface area contributed by atoms with E-state index >= 15 is 0 Å². The smallest absolute Gasteiger partial charge is 0.309 e. The lowest BCUT2D eigenvalue weighted by atomic mass is 9.50. The number of carboxylic acid groups (broad SMARTS) is 1. The zero-order valence-corrected chi connectivity index (χ0v) is 12.9. The Balaban J connectivity index is 2.37. The van der Waals surface area contributed by atoms with E-state index in [1.54, 1.807) is 0 Å². The first-order valence-corrected chi connectivity index (χ1v) is 7.20. The summed E-state index contributed by atoms with van der Waals surface area (Å²) in [6, 6.07) is 0. The largest absolute Gasteiger partial charge is 0.481 e. The van der Waals surface area contributed by atoms with Crippen LogP contribution in [-0.2, 0) is 4.79 Å². The number of hydrogen-bond donors (Lipinski definition) is 1. The monoisotopic (exact) mass is 302 g/mol. The molecule has 0 aromatic heterocycles. The number of carbonyl (C=O) groups is 1. The van der Waals surface area contributed by atoms with Crippen molar-refractivity contribution in [1.82, 2.24) is 0 Å². The third kappa shape index (κ3) is 2.40. The Morgan fingerprint density at radius 1 is 1.00 bits per heavy atom. The van der Waals surface area contributed by atoms with Gasteiger partial charge in [0.2, 0.25) is 0 Å². The zero-order chi connectivity index (χ0) is 13.1. The second-order valence-corrected chi connectivity index (χ2v) is 9.56. The van der Waals surface area contributed by atoms with E-state index in [9.17, 15) is 9.90 Å². The summed E-state index contributed by atoms with van der Waals surface area (Å²) in [5, 5.41) is 9.49. The molecule has 0 heterocycles. The van der Waals surface area contributed by atoms with Crippen molar-refractivity contribution in [3.8, 4) is 0 Å². The first-order valence-electron chi connectivity index (χ1n) is 6.40. The van der Waals surface area contributed by atoms with Crippen molar-refractivity contribution >= 4 is 21.9 Å². The third-order valence-electron chi connectivity index (χ3n) is 4.48. The summed E-state index contributed by atoms with van der Waals surface area (Å²) in [4.78, 5) is 11.5. The summed E-state index contributed by atoms with van der Waals surface area (Å²) >= 11 is 3.88. The highest BCUT2D eigenvalue weighted by atomic mass is 79.9. The molecule has 2 bridgehead atoms. The van der Waals surface area contributed by atoms with E-state index in [4.69, 9.17) is 0 Å². The van der Waals surface area contributed by atoms with Gasteiger partial charge >= 0.3 is 5.97 Å². The second kappa shape index (κ2) is 3.49. The van der Waals surface area contributed by atoms with Gasteiger partial charge in [-0.15, -0.1) is 0 Å². The Labute approximate surface area is 112 Å². The van der Waals surface area contributed by atoms with Crippen LogP contribution >= 0.6 is 15.9 Å². The zero-order valence-electron chi connectivity index (χ0n) is 11.3. The predicted molar refractivity (Wildman–Crippen MR) is 72.4 cm³/mol. The molecule has 17 heavy (non-hydrogen) atoms. The first-order chi connectivity index (χ1) is 7.48. The van der Waals surface area contributed by atoms with Gasteiger partial charge in [0.05, 0.1) is 5.41 Å². The second-order valence-electron chi connectivity index (χ2n) is 7.88. The molecule has 2 nitrogen and oxygen atoms in total. The number of alkyl halides is 1. The average molecular weight is 303 g/mol. The van der Waals surface area contributed by atoms with E-state index in [2.05, 4.69) is 36.7 Å². The number of hydrogen-bond acceptors (Lipinski definition) is 1. The Bertz CT molecular complexity index is 333. The van der Waals surface area contributed by atoms with E-state index in [1.807, 2.05) is 6.92 Å². The molecule has 0 aromatic rings. The van der Waals surface area contributed by atoms with Gasteiger partial charge in [-0.2, -0.15) is 0 Å². The summed E-state index contributed by atoms with van der Waals surface area (Å²) in [6.45, 7) is 8.80. The SMILES string of the molecule is CC1(C)CC2(C)CC(Br)(C1)CC(C)(C(=O)O)C2. The Morgan fingerprint density at radius 3 is 2.06 bits per heavy atom. The molecule has 1 N–H and O–H groups in total. The van der Waals surface area contributed by atoms with Gasteiger partial charge in [-0.05, 0) is 49.9 Å². The van der Waals surface area contributed by atoms with Crippen molar-refractivity contribution in [3.63, 3.8) is 0 Å². The van der Waals surface area contributed by atoms with Crippen LogP contribution in [0.3, 0.4) is 0 Å². The quantitative estimate of drug-likeness (QED) is 0.736. The maximum Gasteiger partial charge on any atom is 0.309 e. The molecular formula is C14H23BrO2. The van der Waals surface area contributed by atoms with Gasteiger partial charge in [0.15, 0.2) is 0 Å². The molecule has 3 unspecified atom stereocenters. The number of halogens is 1. The van der Waals surface area contributed by atoms with Crippen molar-refractivity contribution in [2.45, 2.75) is 64.1 Å². The molecule has 3 heteroatoms. The molecule has 0 aromatic carbocycles. The van der Waals surface area contributed by atoms with Crippen LogP contribution in [0.5, 0.6) is 0 Å². The normalized spacial score (nSPS) is 48.8. The van der Waals surface area contributed by atoms with E-state index in [1.165, 1.54) is 0 Å². The third-order valence-corrected chi connectivity index (χ3v) is 5.33. The molecule has 2 aliphatic carbocycles. The highest BCUT2D eigenvalue weighted by molar-refractivity contribution is 9.10. The fourth-order valence-electron chi connectivity index (χ4n) is 5.07. The number of fused-ring (bicyclic) bond motifs is 2. The number of aliphatic carboxylic acids is 1. The standard InChI is InChI=1S/C14H23BrO2/c1-11(2)5-12(3)7-13(4,10(16)17)9-14(15,6-11)8-12/h5-9H2,1-4H3,(H,16,17). The molecular weight excluding hydrogens is 280 g/mol. The molecule has 0 saturated heterocycles.